The maximum absolute atomic E-state index is 12.9. The van der Waals surface area contributed by atoms with Gasteiger partial charge in [0.1, 0.15) is 5.82 Å². The minimum atomic E-state index is -0.305. The molecule has 0 aliphatic rings. The Morgan fingerprint density at radius 1 is 0.800 bits per heavy atom. The van der Waals surface area contributed by atoms with Crippen LogP contribution in [0.5, 0.6) is 0 Å². The van der Waals surface area contributed by atoms with Gasteiger partial charge in [0.25, 0.3) is 0 Å². The number of amides is 1. The summed E-state index contributed by atoms with van der Waals surface area (Å²) in [6.07, 6.45) is 0.212. The zero-order valence-electron chi connectivity index (χ0n) is 13.9. The lowest BCUT2D eigenvalue weighted by Crippen LogP contribution is -2.14. The summed E-state index contributed by atoms with van der Waals surface area (Å²) in [6.45, 7) is 2.05. The molecule has 2 N–H and O–H groups in total. The van der Waals surface area contributed by atoms with Gasteiger partial charge >= 0.3 is 0 Å². The molecule has 0 fully saturated rings. The topological polar surface area (TPSA) is 41.1 Å². The summed E-state index contributed by atoms with van der Waals surface area (Å²) >= 11 is 0. The van der Waals surface area contributed by atoms with E-state index in [0.717, 1.165) is 22.6 Å². The van der Waals surface area contributed by atoms with Gasteiger partial charge < -0.3 is 10.6 Å². The molecule has 0 saturated heterocycles. The zero-order valence-corrected chi connectivity index (χ0v) is 13.9. The van der Waals surface area contributed by atoms with E-state index in [1.807, 2.05) is 55.5 Å². The van der Waals surface area contributed by atoms with Crippen LogP contribution in [-0.4, -0.2) is 5.91 Å². The third-order valence-corrected chi connectivity index (χ3v) is 3.79. The van der Waals surface area contributed by atoms with Crippen LogP contribution in [0, 0.1) is 12.7 Å². The van der Waals surface area contributed by atoms with Gasteiger partial charge in [0.2, 0.25) is 5.91 Å². The second-order valence-electron chi connectivity index (χ2n) is 5.92. The van der Waals surface area contributed by atoms with Crippen LogP contribution in [0.4, 0.5) is 21.5 Å². The first-order valence-corrected chi connectivity index (χ1v) is 8.06. The molecule has 0 spiro atoms. The van der Waals surface area contributed by atoms with Gasteiger partial charge in [-0.05, 0) is 61.0 Å². The fraction of sp³-hybridized carbons (Fsp3) is 0.0952. The summed E-state index contributed by atoms with van der Waals surface area (Å²) in [5.74, 6) is -0.438. The molecule has 0 saturated carbocycles. The van der Waals surface area contributed by atoms with Crippen LogP contribution in [0.15, 0.2) is 72.8 Å². The Labute approximate surface area is 146 Å². The molecule has 3 aromatic carbocycles. The molecule has 0 aliphatic heterocycles. The van der Waals surface area contributed by atoms with E-state index in [9.17, 15) is 9.18 Å². The Bertz CT molecular complexity index is 841. The lowest BCUT2D eigenvalue weighted by molar-refractivity contribution is -0.115. The molecule has 1 amide bonds. The van der Waals surface area contributed by atoms with Crippen LogP contribution in [-0.2, 0) is 11.2 Å². The molecule has 25 heavy (non-hydrogen) atoms. The molecular formula is C21H19FN2O. The Kier molecular flexibility index (Phi) is 5.09. The van der Waals surface area contributed by atoms with Gasteiger partial charge in [0.15, 0.2) is 0 Å². The number of anilines is 3. The van der Waals surface area contributed by atoms with Crippen molar-refractivity contribution in [1.29, 1.82) is 0 Å². The minimum Gasteiger partial charge on any atom is -0.356 e. The minimum absolute atomic E-state index is 0.133. The highest BCUT2D eigenvalue weighted by molar-refractivity contribution is 5.92. The molecule has 0 bridgehead atoms. The summed E-state index contributed by atoms with van der Waals surface area (Å²) in [6, 6.07) is 21.6. The Morgan fingerprint density at radius 3 is 1.92 bits per heavy atom. The van der Waals surface area contributed by atoms with Gasteiger partial charge in [-0.1, -0.05) is 29.8 Å². The molecule has 4 heteroatoms. The second-order valence-corrected chi connectivity index (χ2v) is 5.92. The monoisotopic (exact) mass is 334 g/mol. The number of carbonyl (C=O) groups excluding carboxylic acids is 1. The fourth-order valence-corrected chi connectivity index (χ4v) is 2.43. The summed E-state index contributed by atoms with van der Waals surface area (Å²) in [5.41, 5.74) is 4.67. The van der Waals surface area contributed by atoms with Crippen molar-refractivity contribution in [2.45, 2.75) is 13.3 Å². The van der Waals surface area contributed by atoms with Crippen molar-refractivity contribution < 1.29 is 9.18 Å². The first-order chi connectivity index (χ1) is 12.1. The Morgan fingerprint density at radius 2 is 1.32 bits per heavy atom. The van der Waals surface area contributed by atoms with Crippen LogP contribution in [0.2, 0.25) is 0 Å². The number of carbonyl (C=O) groups is 1. The predicted molar refractivity (Wildman–Crippen MR) is 99.6 cm³/mol. The molecule has 3 aromatic rings. The van der Waals surface area contributed by atoms with Gasteiger partial charge in [-0.2, -0.15) is 0 Å². The fourth-order valence-electron chi connectivity index (χ4n) is 2.43. The van der Waals surface area contributed by atoms with Gasteiger partial charge in [-0.15, -0.1) is 0 Å². The highest BCUT2D eigenvalue weighted by Crippen LogP contribution is 2.19. The van der Waals surface area contributed by atoms with Gasteiger partial charge in [0, 0.05) is 17.1 Å². The van der Waals surface area contributed by atoms with E-state index in [-0.39, 0.29) is 18.1 Å². The number of benzene rings is 3. The van der Waals surface area contributed by atoms with Gasteiger partial charge in [-0.3, -0.25) is 4.79 Å². The largest absolute Gasteiger partial charge is 0.356 e. The predicted octanol–water partition coefficient (Wildman–Crippen LogP) is 5.06. The quantitative estimate of drug-likeness (QED) is 0.685. The van der Waals surface area contributed by atoms with Crippen LogP contribution in [0.3, 0.4) is 0 Å². The maximum Gasteiger partial charge on any atom is 0.228 e. The zero-order chi connectivity index (χ0) is 17.6. The van der Waals surface area contributed by atoms with Crippen LogP contribution >= 0.6 is 0 Å². The highest BCUT2D eigenvalue weighted by atomic mass is 19.1. The average Bonchev–Trinajstić information content (AvgIpc) is 2.61. The van der Waals surface area contributed by atoms with E-state index >= 15 is 0 Å². The SMILES string of the molecule is Cc1ccc(Nc2ccc(NC(=O)Cc3ccc(F)cc3)cc2)cc1. The van der Waals surface area contributed by atoms with Crippen LogP contribution < -0.4 is 10.6 Å². The van der Waals surface area contributed by atoms with E-state index in [1.54, 1.807) is 12.1 Å². The first kappa shape index (κ1) is 16.7. The van der Waals surface area contributed by atoms with Crippen molar-refractivity contribution in [3.8, 4) is 0 Å². The van der Waals surface area contributed by atoms with Crippen LogP contribution in [0.25, 0.3) is 0 Å². The third-order valence-electron chi connectivity index (χ3n) is 3.79. The first-order valence-electron chi connectivity index (χ1n) is 8.06. The van der Waals surface area contributed by atoms with Gasteiger partial charge in [-0.25, -0.2) is 4.39 Å². The molecule has 0 aromatic heterocycles. The number of halogens is 1. The van der Waals surface area contributed by atoms with E-state index in [2.05, 4.69) is 10.6 Å². The number of hydrogen-bond donors (Lipinski definition) is 2. The van der Waals surface area contributed by atoms with Crippen molar-refractivity contribution in [2.75, 3.05) is 10.6 Å². The molecular weight excluding hydrogens is 315 g/mol. The van der Waals surface area contributed by atoms with Crippen molar-refractivity contribution in [3.05, 3.63) is 89.7 Å². The summed E-state index contributed by atoms with van der Waals surface area (Å²) in [7, 11) is 0. The summed E-state index contributed by atoms with van der Waals surface area (Å²) in [5, 5.41) is 6.15. The average molecular weight is 334 g/mol. The van der Waals surface area contributed by atoms with E-state index in [0.29, 0.717) is 0 Å². The molecule has 126 valence electrons. The van der Waals surface area contributed by atoms with E-state index in [4.69, 9.17) is 0 Å². The molecule has 0 heterocycles. The molecule has 0 atom stereocenters. The summed E-state index contributed by atoms with van der Waals surface area (Å²) < 4.78 is 12.9. The smallest absolute Gasteiger partial charge is 0.228 e. The Hall–Kier alpha value is -3.14. The van der Waals surface area contributed by atoms with Gasteiger partial charge in [0.05, 0.1) is 6.42 Å². The van der Waals surface area contributed by atoms with Crippen molar-refractivity contribution in [2.24, 2.45) is 0 Å². The second kappa shape index (κ2) is 7.62. The number of rotatable bonds is 5. The van der Waals surface area contributed by atoms with Crippen LogP contribution in [0.1, 0.15) is 11.1 Å². The number of hydrogen-bond acceptors (Lipinski definition) is 2. The van der Waals surface area contributed by atoms with Crippen molar-refractivity contribution >= 4 is 23.0 Å². The number of nitrogens with one attached hydrogen (secondary N) is 2. The third kappa shape index (κ3) is 4.91. The van der Waals surface area contributed by atoms with Crippen molar-refractivity contribution in [3.63, 3.8) is 0 Å². The number of aryl methyl sites for hydroxylation is 1. The standard InChI is InChI=1S/C21H19FN2O/c1-15-2-8-18(9-3-15)23-19-10-12-20(13-11-19)24-21(25)14-16-4-6-17(22)7-5-16/h2-13,23H,14H2,1H3,(H,24,25). The normalized spacial score (nSPS) is 10.3. The molecule has 3 nitrogen and oxygen atoms in total. The highest BCUT2D eigenvalue weighted by Gasteiger charge is 2.05. The lowest BCUT2D eigenvalue weighted by Gasteiger charge is -2.09. The Balaban J connectivity index is 1.57. The summed E-state index contributed by atoms with van der Waals surface area (Å²) in [4.78, 5) is 12.1. The van der Waals surface area contributed by atoms with Crippen molar-refractivity contribution in [1.82, 2.24) is 0 Å². The molecule has 0 aliphatic carbocycles. The van der Waals surface area contributed by atoms with E-state index in [1.165, 1.54) is 17.7 Å². The van der Waals surface area contributed by atoms with E-state index < -0.39 is 0 Å². The molecule has 3 rings (SSSR count). The molecule has 0 unspecified atom stereocenters. The maximum atomic E-state index is 12.9. The lowest BCUT2D eigenvalue weighted by atomic mass is 10.1. The molecule has 0 radical (unpaired) electrons.